The van der Waals surface area contributed by atoms with E-state index < -0.39 is 0 Å². The lowest BCUT2D eigenvalue weighted by atomic mass is 10.2. The van der Waals surface area contributed by atoms with Crippen molar-refractivity contribution in [3.63, 3.8) is 0 Å². The molecule has 1 aromatic carbocycles. The molecule has 0 aliphatic carbocycles. The summed E-state index contributed by atoms with van der Waals surface area (Å²) in [4.78, 5) is 15.0. The Hall–Kier alpha value is -2.09. The number of nitrogens with zero attached hydrogens (tertiary/aromatic N) is 5. The Labute approximate surface area is 151 Å². The monoisotopic (exact) mass is 355 g/mol. The van der Waals surface area contributed by atoms with Crippen LogP contribution in [0.1, 0.15) is 16.6 Å². The second-order valence-electron chi connectivity index (χ2n) is 6.28. The highest BCUT2D eigenvalue weighted by Crippen LogP contribution is 2.25. The second kappa shape index (κ2) is 7.43. The average Bonchev–Trinajstić information content (AvgIpc) is 3.27. The van der Waals surface area contributed by atoms with Gasteiger partial charge in [0.25, 0.3) is 0 Å². The van der Waals surface area contributed by atoms with E-state index >= 15 is 0 Å². The van der Waals surface area contributed by atoms with Gasteiger partial charge in [0.1, 0.15) is 5.01 Å². The quantitative estimate of drug-likeness (QED) is 0.701. The van der Waals surface area contributed by atoms with Gasteiger partial charge in [-0.05, 0) is 0 Å². The molecule has 1 aliphatic rings. The highest BCUT2D eigenvalue weighted by atomic mass is 32.1. The first-order valence-electron chi connectivity index (χ1n) is 8.50. The fourth-order valence-electron chi connectivity index (χ4n) is 3.03. The van der Waals surface area contributed by atoms with Crippen LogP contribution in [0.2, 0.25) is 0 Å². The minimum Gasteiger partial charge on any atom is -0.340 e. The first kappa shape index (κ1) is 16.4. The summed E-state index contributed by atoms with van der Waals surface area (Å²) in [5.74, 6) is 1.41. The van der Waals surface area contributed by atoms with E-state index in [-0.39, 0.29) is 0 Å². The van der Waals surface area contributed by atoms with Crippen LogP contribution in [0.3, 0.4) is 0 Å². The maximum absolute atomic E-state index is 5.04. The lowest BCUT2D eigenvalue weighted by molar-refractivity contribution is 0.120. The van der Waals surface area contributed by atoms with E-state index in [0.717, 1.165) is 50.1 Å². The molecule has 130 valence electrons. The standard InChI is InChI=1S/C18H21N5OS/c1-14-20-17(21-24-14)13-23-9-7-22(8-10-23)12-16-11-19-18(25-16)15-5-3-2-4-6-15/h2-6,11H,7-10,12-13H2,1H3. The molecule has 0 N–H and O–H groups in total. The van der Waals surface area contributed by atoms with Gasteiger partial charge < -0.3 is 4.52 Å². The Morgan fingerprint density at radius 3 is 2.44 bits per heavy atom. The minimum atomic E-state index is 0.632. The van der Waals surface area contributed by atoms with Crippen LogP contribution in [0.4, 0.5) is 0 Å². The molecule has 1 fully saturated rings. The number of thiazole rings is 1. The molecule has 2 aromatic heterocycles. The molecule has 25 heavy (non-hydrogen) atoms. The number of benzene rings is 1. The fourth-order valence-corrected chi connectivity index (χ4v) is 3.99. The first-order valence-corrected chi connectivity index (χ1v) is 9.32. The van der Waals surface area contributed by atoms with Crippen molar-refractivity contribution >= 4 is 11.3 Å². The van der Waals surface area contributed by atoms with Crippen molar-refractivity contribution in [2.45, 2.75) is 20.0 Å². The Morgan fingerprint density at radius 1 is 1.04 bits per heavy atom. The van der Waals surface area contributed by atoms with Crippen molar-refractivity contribution in [2.24, 2.45) is 0 Å². The third kappa shape index (κ3) is 4.12. The molecule has 1 aliphatic heterocycles. The summed E-state index contributed by atoms with van der Waals surface area (Å²) in [7, 11) is 0. The van der Waals surface area contributed by atoms with Crippen LogP contribution in [-0.4, -0.2) is 51.1 Å². The Bertz CT molecular complexity index is 808. The van der Waals surface area contributed by atoms with E-state index in [1.54, 1.807) is 11.3 Å². The SMILES string of the molecule is Cc1nc(CN2CCN(Cc3cnc(-c4ccccc4)s3)CC2)no1. The van der Waals surface area contributed by atoms with E-state index in [4.69, 9.17) is 4.52 Å². The number of rotatable bonds is 5. The molecule has 0 radical (unpaired) electrons. The van der Waals surface area contributed by atoms with Crippen molar-refractivity contribution < 1.29 is 4.52 Å². The molecule has 3 aromatic rings. The molecule has 0 amide bonds. The van der Waals surface area contributed by atoms with Crippen LogP contribution >= 0.6 is 11.3 Å². The van der Waals surface area contributed by atoms with Crippen LogP contribution < -0.4 is 0 Å². The Kier molecular flexibility index (Phi) is 4.87. The highest BCUT2D eigenvalue weighted by Gasteiger charge is 2.19. The summed E-state index contributed by atoms with van der Waals surface area (Å²) < 4.78 is 5.04. The van der Waals surface area contributed by atoms with Gasteiger partial charge in [-0.3, -0.25) is 9.80 Å². The molecule has 0 saturated carbocycles. The zero-order valence-electron chi connectivity index (χ0n) is 14.3. The first-order chi connectivity index (χ1) is 12.3. The topological polar surface area (TPSA) is 58.3 Å². The summed E-state index contributed by atoms with van der Waals surface area (Å²) in [5, 5.41) is 5.08. The van der Waals surface area contributed by atoms with Crippen molar-refractivity contribution in [1.82, 2.24) is 24.9 Å². The molecule has 0 spiro atoms. The zero-order chi connectivity index (χ0) is 17.1. The zero-order valence-corrected chi connectivity index (χ0v) is 15.1. The van der Waals surface area contributed by atoms with Crippen LogP contribution in [0.15, 0.2) is 41.1 Å². The molecule has 4 rings (SSSR count). The van der Waals surface area contributed by atoms with Gasteiger partial charge in [0.2, 0.25) is 5.89 Å². The fraction of sp³-hybridized carbons (Fsp3) is 0.389. The largest absolute Gasteiger partial charge is 0.340 e. The van der Waals surface area contributed by atoms with E-state index in [2.05, 4.69) is 49.2 Å². The van der Waals surface area contributed by atoms with E-state index in [0.29, 0.717) is 5.89 Å². The lowest BCUT2D eigenvalue weighted by Crippen LogP contribution is -2.45. The van der Waals surface area contributed by atoms with Crippen molar-refractivity contribution in [3.8, 4) is 10.6 Å². The lowest BCUT2D eigenvalue weighted by Gasteiger charge is -2.33. The summed E-state index contributed by atoms with van der Waals surface area (Å²) in [5.41, 5.74) is 1.19. The number of hydrogen-bond donors (Lipinski definition) is 0. The Balaban J connectivity index is 1.29. The van der Waals surface area contributed by atoms with E-state index in [9.17, 15) is 0 Å². The summed E-state index contributed by atoms with van der Waals surface area (Å²) in [6.45, 7) is 7.72. The van der Waals surface area contributed by atoms with Crippen LogP contribution in [-0.2, 0) is 13.1 Å². The highest BCUT2D eigenvalue weighted by molar-refractivity contribution is 7.15. The van der Waals surface area contributed by atoms with Crippen molar-refractivity contribution in [3.05, 3.63) is 53.1 Å². The average molecular weight is 355 g/mol. The molecular weight excluding hydrogens is 334 g/mol. The molecular formula is C18H21N5OS. The molecule has 3 heterocycles. The summed E-state index contributed by atoms with van der Waals surface area (Å²) in [6, 6.07) is 10.4. The van der Waals surface area contributed by atoms with Crippen molar-refractivity contribution in [1.29, 1.82) is 0 Å². The van der Waals surface area contributed by atoms with Gasteiger partial charge in [0.15, 0.2) is 5.82 Å². The Morgan fingerprint density at radius 2 is 1.76 bits per heavy atom. The minimum absolute atomic E-state index is 0.632. The number of aryl methyl sites for hydroxylation is 1. The predicted octanol–water partition coefficient (Wildman–Crippen LogP) is 2.82. The second-order valence-corrected chi connectivity index (χ2v) is 7.39. The molecule has 0 atom stereocenters. The normalized spacial score (nSPS) is 16.4. The molecule has 0 bridgehead atoms. The van der Waals surface area contributed by atoms with E-state index in [1.165, 1.54) is 10.4 Å². The van der Waals surface area contributed by atoms with Crippen LogP contribution in [0, 0.1) is 6.92 Å². The maximum atomic E-state index is 5.04. The maximum Gasteiger partial charge on any atom is 0.223 e. The van der Waals surface area contributed by atoms with Crippen molar-refractivity contribution in [2.75, 3.05) is 26.2 Å². The van der Waals surface area contributed by atoms with Gasteiger partial charge in [-0.15, -0.1) is 11.3 Å². The number of hydrogen-bond acceptors (Lipinski definition) is 7. The predicted molar refractivity (Wildman–Crippen MR) is 97.1 cm³/mol. The van der Waals surface area contributed by atoms with E-state index in [1.807, 2.05) is 19.2 Å². The number of piperazine rings is 1. The molecule has 7 heteroatoms. The summed E-state index contributed by atoms with van der Waals surface area (Å²) in [6.07, 6.45) is 2.02. The van der Waals surface area contributed by atoms with Gasteiger partial charge in [-0.2, -0.15) is 4.98 Å². The third-order valence-corrected chi connectivity index (χ3v) is 5.38. The molecule has 0 unspecified atom stereocenters. The smallest absolute Gasteiger partial charge is 0.223 e. The number of aromatic nitrogens is 3. The van der Waals surface area contributed by atoms with Crippen LogP contribution in [0.5, 0.6) is 0 Å². The van der Waals surface area contributed by atoms with Gasteiger partial charge in [-0.25, -0.2) is 4.98 Å². The molecule has 6 nitrogen and oxygen atoms in total. The van der Waals surface area contributed by atoms with Gasteiger partial charge in [0, 0.05) is 56.3 Å². The molecule has 1 saturated heterocycles. The summed E-state index contributed by atoms with van der Waals surface area (Å²) >= 11 is 1.79. The third-order valence-electron chi connectivity index (χ3n) is 4.35. The van der Waals surface area contributed by atoms with Crippen LogP contribution in [0.25, 0.3) is 10.6 Å². The van der Waals surface area contributed by atoms with Gasteiger partial charge in [0.05, 0.1) is 6.54 Å². The van der Waals surface area contributed by atoms with Gasteiger partial charge >= 0.3 is 0 Å². The van der Waals surface area contributed by atoms with Gasteiger partial charge in [-0.1, -0.05) is 35.5 Å².